The molecule has 0 bridgehead atoms. The molecule has 1 saturated heterocycles. The summed E-state index contributed by atoms with van der Waals surface area (Å²) in [5.74, 6) is 0.606. The Morgan fingerprint density at radius 3 is 2.85 bits per heavy atom. The fraction of sp³-hybridized carbons (Fsp3) is 0.407. The monoisotopic (exact) mass is 467 g/mol. The molecule has 1 fully saturated rings. The molecule has 34 heavy (non-hydrogen) atoms. The number of ether oxygens (including phenoxy) is 1. The summed E-state index contributed by atoms with van der Waals surface area (Å²) in [5.41, 5.74) is 2.69. The second-order valence-electron chi connectivity index (χ2n) is 9.15. The Morgan fingerprint density at radius 1 is 1.18 bits per heavy atom. The second-order valence-corrected chi connectivity index (χ2v) is 9.15. The Kier molecular flexibility index (Phi) is 6.83. The molecule has 1 atom stereocenters. The van der Waals surface area contributed by atoms with Gasteiger partial charge in [0.25, 0.3) is 5.95 Å². The molecule has 0 radical (unpaired) electrons. The lowest BCUT2D eigenvalue weighted by atomic mass is 9.90. The molecule has 1 aliphatic carbocycles. The highest BCUT2D eigenvalue weighted by Gasteiger charge is 2.33. The van der Waals surface area contributed by atoms with Crippen molar-refractivity contribution in [3.63, 3.8) is 0 Å². The molecule has 1 unspecified atom stereocenters. The first kappa shape index (κ1) is 22.9. The lowest BCUT2D eigenvalue weighted by Gasteiger charge is -2.42. The van der Waals surface area contributed by atoms with E-state index >= 15 is 0 Å². The molecule has 5 rings (SSSR count). The van der Waals surface area contributed by atoms with Gasteiger partial charge < -0.3 is 19.4 Å². The lowest BCUT2D eigenvalue weighted by Crippen LogP contribution is -2.50. The van der Waals surface area contributed by atoms with Gasteiger partial charge >= 0.3 is 0 Å². The van der Waals surface area contributed by atoms with Gasteiger partial charge in [0.1, 0.15) is 11.6 Å². The van der Waals surface area contributed by atoms with Gasteiger partial charge in [-0.1, -0.05) is 24.3 Å². The van der Waals surface area contributed by atoms with E-state index in [1.54, 1.807) is 13.2 Å². The van der Waals surface area contributed by atoms with E-state index in [-0.39, 0.29) is 5.56 Å². The van der Waals surface area contributed by atoms with E-state index in [9.17, 15) is 8.78 Å². The Hall–Kier alpha value is -2.90. The second kappa shape index (κ2) is 10.2. The lowest BCUT2D eigenvalue weighted by molar-refractivity contribution is 0.191. The zero-order chi connectivity index (χ0) is 23.5. The topological polar surface area (TPSA) is 40.9 Å². The van der Waals surface area contributed by atoms with Gasteiger partial charge in [-0.05, 0) is 55.5 Å². The molecule has 180 valence electrons. The van der Waals surface area contributed by atoms with Gasteiger partial charge in [-0.3, -0.25) is 4.90 Å². The third kappa shape index (κ3) is 4.95. The number of anilines is 1. The zero-order valence-corrected chi connectivity index (χ0v) is 19.5. The molecule has 0 spiro atoms. The van der Waals surface area contributed by atoms with Gasteiger partial charge in [0, 0.05) is 42.9 Å². The number of benzene rings is 1. The van der Waals surface area contributed by atoms with Crippen LogP contribution in [0.15, 0.2) is 52.5 Å². The maximum absolute atomic E-state index is 13.7. The minimum absolute atomic E-state index is 0.276. The molecule has 1 aromatic heterocycles. The highest BCUT2D eigenvalue weighted by molar-refractivity contribution is 5.74. The summed E-state index contributed by atoms with van der Waals surface area (Å²) in [5, 5.41) is 3.53. The van der Waals surface area contributed by atoms with Crippen LogP contribution in [0.2, 0.25) is 0 Å². The highest BCUT2D eigenvalue weighted by atomic mass is 19.1. The summed E-state index contributed by atoms with van der Waals surface area (Å²) in [6.45, 7) is 3.44. The van der Waals surface area contributed by atoms with E-state index in [0.717, 1.165) is 69.0 Å². The third-order valence-electron chi connectivity index (χ3n) is 6.90. The smallest absolute Gasteiger partial charge is 0.286 e. The van der Waals surface area contributed by atoms with E-state index in [2.05, 4.69) is 33.3 Å². The van der Waals surface area contributed by atoms with Crippen LogP contribution in [0.5, 0.6) is 5.95 Å². The SMILES string of the molecule is COc1cc2c(o1)N(CN1CCC(NCC=Cc3cc(F)ccc3F)CC1)C1CCC=CC1=C2. The maximum Gasteiger partial charge on any atom is 0.286 e. The summed E-state index contributed by atoms with van der Waals surface area (Å²) < 4.78 is 38.4. The number of nitrogens with one attached hydrogen (secondary N) is 1. The number of fused-ring (bicyclic) bond motifs is 2. The summed E-state index contributed by atoms with van der Waals surface area (Å²) in [7, 11) is 1.64. The van der Waals surface area contributed by atoms with Crippen LogP contribution >= 0.6 is 0 Å². The first-order valence-electron chi connectivity index (χ1n) is 12.0. The molecule has 0 amide bonds. The summed E-state index contributed by atoms with van der Waals surface area (Å²) in [6.07, 6.45) is 14.4. The number of likely N-dealkylation sites (tertiary alicyclic amines) is 1. The number of nitrogens with zero attached hydrogens (tertiary/aromatic N) is 2. The Bertz CT molecular complexity index is 1100. The number of allylic oxidation sites excluding steroid dienone is 1. The standard InChI is InChI=1S/C27H31F2N3O2/c1-33-26-17-21-15-20-5-2-3-7-25(20)32(27(21)34-26)18-31-13-10-23(11-14-31)30-12-4-6-19-16-22(28)8-9-24(19)29/h2,4-6,8-9,15-17,23,25,30H,3,7,10-14,18H2,1H3. The van der Waals surface area contributed by atoms with Crippen LogP contribution in [0.1, 0.15) is 36.8 Å². The minimum atomic E-state index is -0.429. The molecule has 5 nitrogen and oxygen atoms in total. The van der Waals surface area contributed by atoms with Crippen molar-refractivity contribution in [1.82, 2.24) is 10.2 Å². The van der Waals surface area contributed by atoms with Gasteiger partial charge in [0.05, 0.1) is 19.8 Å². The quantitative estimate of drug-likeness (QED) is 0.605. The molecule has 3 aliphatic rings. The summed E-state index contributed by atoms with van der Waals surface area (Å²) in [6, 6.07) is 6.21. The van der Waals surface area contributed by atoms with Crippen molar-refractivity contribution in [2.45, 2.75) is 37.8 Å². The normalized spacial score (nSPS) is 21.0. The molecule has 2 aromatic rings. The molecular formula is C27H31F2N3O2. The van der Waals surface area contributed by atoms with Crippen LogP contribution in [0, 0.1) is 11.6 Å². The molecule has 0 saturated carbocycles. The molecule has 2 aliphatic heterocycles. The molecular weight excluding hydrogens is 436 g/mol. The Morgan fingerprint density at radius 2 is 2.03 bits per heavy atom. The van der Waals surface area contributed by atoms with Gasteiger partial charge in [-0.15, -0.1) is 0 Å². The van der Waals surface area contributed by atoms with Gasteiger partial charge in [-0.2, -0.15) is 0 Å². The first-order chi connectivity index (χ1) is 16.6. The predicted molar refractivity (Wildman–Crippen MR) is 131 cm³/mol. The predicted octanol–water partition coefficient (Wildman–Crippen LogP) is 5.21. The fourth-order valence-electron chi connectivity index (χ4n) is 5.07. The van der Waals surface area contributed by atoms with Crippen molar-refractivity contribution in [1.29, 1.82) is 0 Å². The van der Waals surface area contributed by atoms with Crippen molar-refractivity contribution in [3.8, 4) is 5.95 Å². The van der Waals surface area contributed by atoms with Gasteiger partial charge in [0.2, 0.25) is 5.88 Å². The average Bonchev–Trinajstić information content (AvgIpc) is 3.28. The van der Waals surface area contributed by atoms with Crippen molar-refractivity contribution in [3.05, 3.63) is 70.8 Å². The molecule has 3 heterocycles. The number of hydrogen-bond donors (Lipinski definition) is 1. The Labute approximate surface area is 199 Å². The van der Waals surface area contributed by atoms with Crippen LogP contribution in [0.25, 0.3) is 12.2 Å². The average molecular weight is 468 g/mol. The Balaban J connectivity index is 1.15. The first-order valence-corrected chi connectivity index (χ1v) is 12.0. The number of rotatable bonds is 7. The fourth-order valence-corrected chi connectivity index (χ4v) is 5.07. The summed E-state index contributed by atoms with van der Waals surface area (Å²) >= 11 is 0. The maximum atomic E-state index is 13.7. The minimum Gasteiger partial charge on any atom is -0.468 e. The largest absolute Gasteiger partial charge is 0.468 e. The number of methoxy groups -OCH3 is 1. The zero-order valence-electron chi connectivity index (χ0n) is 19.5. The molecule has 1 N–H and O–H groups in total. The number of halogens is 2. The molecule has 1 aromatic carbocycles. The van der Waals surface area contributed by atoms with E-state index in [1.165, 1.54) is 11.6 Å². The van der Waals surface area contributed by atoms with Crippen LogP contribution < -0.4 is 15.0 Å². The van der Waals surface area contributed by atoms with Crippen molar-refractivity contribution < 1.29 is 17.9 Å². The number of hydrogen-bond acceptors (Lipinski definition) is 5. The molecule has 7 heteroatoms. The van der Waals surface area contributed by atoms with Gasteiger partial charge in [0.15, 0.2) is 0 Å². The highest BCUT2D eigenvalue weighted by Crippen LogP contribution is 2.41. The van der Waals surface area contributed by atoms with Crippen molar-refractivity contribution in [2.75, 3.05) is 38.3 Å². The number of furan rings is 1. The van der Waals surface area contributed by atoms with E-state index < -0.39 is 11.6 Å². The van der Waals surface area contributed by atoms with Crippen molar-refractivity contribution >= 4 is 18.0 Å². The summed E-state index contributed by atoms with van der Waals surface area (Å²) in [4.78, 5) is 4.87. The number of piperidine rings is 1. The van der Waals surface area contributed by atoms with E-state index in [0.29, 0.717) is 24.6 Å². The van der Waals surface area contributed by atoms with E-state index in [1.807, 2.05) is 12.1 Å². The van der Waals surface area contributed by atoms with Crippen LogP contribution in [0.4, 0.5) is 14.7 Å². The van der Waals surface area contributed by atoms with Crippen molar-refractivity contribution in [2.24, 2.45) is 0 Å². The van der Waals surface area contributed by atoms with Crippen LogP contribution in [-0.4, -0.2) is 50.4 Å². The van der Waals surface area contributed by atoms with E-state index in [4.69, 9.17) is 9.15 Å². The van der Waals surface area contributed by atoms with Gasteiger partial charge in [-0.25, -0.2) is 8.78 Å². The van der Waals surface area contributed by atoms with Crippen LogP contribution in [0.3, 0.4) is 0 Å². The third-order valence-corrected chi connectivity index (χ3v) is 6.90. The van der Waals surface area contributed by atoms with Crippen LogP contribution in [-0.2, 0) is 0 Å².